The number of rotatable bonds is 6. The van der Waals surface area contributed by atoms with Crippen LogP contribution in [0.5, 0.6) is 0 Å². The molecule has 3 N–H and O–H groups in total. The number of piperazine rings is 1. The van der Waals surface area contributed by atoms with Gasteiger partial charge in [0.25, 0.3) is 0 Å². The number of nitrogens with one attached hydrogen (secondary N) is 1. The van der Waals surface area contributed by atoms with Gasteiger partial charge in [0.05, 0.1) is 11.4 Å². The molecular weight excluding hydrogens is 402 g/mol. The second-order valence-electron chi connectivity index (χ2n) is 8.08. The maximum absolute atomic E-state index is 12.6. The molecule has 2 amide bonds. The van der Waals surface area contributed by atoms with E-state index in [4.69, 9.17) is 5.73 Å². The van der Waals surface area contributed by atoms with Crippen molar-refractivity contribution in [3.63, 3.8) is 0 Å². The van der Waals surface area contributed by atoms with E-state index in [0.717, 1.165) is 33.9 Å². The predicted molar refractivity (Wildman–Crippen MR) is 125 cm³/mol. The van der Waals surface area contributed by atoms with Gasteiger partial charge in [0.2, 0.25) is 0 Å². The smallest absolute Gasteiger partial charge is 0.312 e. The van der Waals surface area contributed by atoms with Crippen LogP contribution in [0.25, 0.3) is 0 Å². The van der Waals surface area contributed by atoms with Crippen LogP contribution in [-0.4, -0.2) is 39.7 Å². The molecule has 32 heavy (non-hydrogen) atoms. The van der Waals surface area contributed by atoms with Crippen molar-refractivity contribution < 1.29 is 9.59 Å². The molecule has 1 saturated heterocycles. The van der Waals surface area contributed by atoms with Crippen molar-refractivity contribution >= 4 is 29.0 Å². The molecule has 4 rings (SSSR count). The van der Waals surface area contributed by atoms with E-state index in [-0.39, 0.29) is 0 Å². The molecule has 0 saturated carbocycles. The Kier molecular flexibility index (Phi) is 6.07. The van der Waals surface area contributed by atoms with Crippen LogP contribution >= 0.6 is 0 Å². The summed E-state index contributed by atoms with van der Waals surface area (Å²) in [6.45, 7) is 5.75. The Hall–Kier alpha value is -3.87. The molecule has 1 aromatic heterocycles. The highest BCUT2D eigenvalue weighted by Gasteiger charge is 2.32. The van der Waals surface area contributed by atoms with E-state index in [1.165, 1.54) is 0 Å². The number of hydrogen-bond acceptors (Lipinski definition) is 5. The van der Waals surface area contributed by atoms with Gasteiger partial charge in [-0.05, 0) is 48.7 Å². The Morgan fingerprint density at radius 3 is 2.00 bits per heavy atom. The van der Waals surface area contributed by atoms with Gasteiger partial charge >= 0.3 is 11.8 Å². The molecule has 7 heteroatoms. The number of nitrogens with two attached hydrogens (primary N) is 1. The van der Waals surface area contributed by atoms with Crippen molar-refractivity contribution in [3.05, 3.63) is 83.0 Å². The lowest BCUT2D eigenvalue weighted by Crippen LogP contribution is -2.53. The van der Waals surface area contributed by atoms with Crippen molar-refractivity contribution in [2.45, 2.75) is 26.9 Å². The molecule has 0 atom stereocenters. The molecule has 7 nitrogen and oxygen atoms in total. The fraction of sp³-hybridized carbons (Fsp3) is 0.240. The van der Waals surface area contributed by atoms with Gasteiger partial charge in [-0.1, -0.05) is 42.5 Å². The van der Waals surface area contributed by atoms with Gasteiger partial charge in [-0.15, -0.1) is 0 Å². The lowest BCUT2D eigenvalue weighted by Gasteiger charge is -2.33. The first kappa shape index (κ1) is 21.4. The first-order chi connectivity index (χ1) is 15.4. The molecule has 0 aliphatic carbocycles. The molecule has 0 spiro atoms. The number of hydrogen-bond donors (Lipinski definition) is 2. The van der Waals surface area contributed by atoms with E-state index in [0.29, 0.717) is 31.9 Å². The normalized spacial score (nSPS) is 14.1. The molecule has 3 aromatic rings. The maximum atomic E-state index is 12.6. The molecule has 0 radical (unpaired) electrons. The summed E-state index contributed by atoms with van der Waals surface area (Å²) in [6.07, 6.45) is 0. The van der Waals surface area contributed by atoms with Gasteiger partial charge < -0.3 is 20.9 Å². The Bertz CT molecular complexity index is 1110. The Morgan fingerprint density at radius 2 is 1.44 bits per heavy atom. The minimum atomic E-state index is -0.452. The fourth-order valence-corrected chi connectivity index (χ4v) is 3.79. The SMILES string of the molecule is Cc1cc(Nc2ccc(CN3CCN(Cc4ccccc4)C(=O)C3=O)cc2)nc(C)c1N. The molecule has 164 valence electrons. The van der Waals surface area contributed by atoms with E-state index in [1.807, 2.05) is 74.5 Å². The number of amides is 2. The van der Waals surface area contributed by atoms with E-state index in [9.17, 15) is 9.59 Å². The summed E-state index contributed by atoms with van der Waals surface area (Å²) in [7, 11) is 0. The standard InChI is InChI=1S/C25H27N5O2/c1-17-14-22(27-18(2)23(17)26)28-21-10-8-20(9-11-21)16-30-13-12-29(24(31)25(30)32)15-19-6-4-3-5-7-19/h3-11,14H,12-13,15-16,26H2,1-2H3,(H,27,28). The van der Waals surface area contributed by atoms with Crippen molar-refractivity contribution in [3.8, 4) is 0 Å². The highest BCUT2D eigenvalue weighted by atomic mass is 16.2. The average Bonchev–Trinajstić information content (AvgIpc) is 2.79. The van der Waals surface area contributed by atoms with Crippen LogP contribution in [0, 0.1) is 13.8 Å². The number of anilines is 3. The highest BCUT2D eigenvalue weighted by Crippen LogP contribution is 2.22. The van der Waals surface area contributed by atoms with Crippen LogP contribution in [0.3, 0.4) is 0 Å². The quantitative estimate of drug-likeness (QED) is 0.586. The van der Waals surface area contributed by atoms with Crippen LogP contribution in [0.2, 0.25) is 0 Å². The van der Waals surface area contributed by atoms with E-state index in [1.54, 1.807) is 9.80 Å². The van der Waals surface area contributed by atoms with Crippen molar-refractivity contribution in [1.29, 1.82) is 0 Å². The van der Waals surface area contributed by atoms with Crippen LogP contribution < -0.4 is 11.1 Å². The molecule has 1 aliphatic rings. The third kappa shape index (κ3) is 4.72. The lowest BCUT2D eigenvalue weighted by molar-refractivity contribution is -0.156. The summed E-state index contributed by atoms with van der Waals surface area (Å²) < 4.78 is 0. The van der Waals surface area contributed by atoms with Gasteiger partial charge in [-0.2, -0.15) is 0 Å². The molecular formula is C25H27N5O2. The van der Waals surface area contributed by atoms with E-state index < -0.39 is 11.8 Å². The number of aromatic nitrogens is 1. The summed E-state index contributed by atoms with van der Waals surface area (Å²) >= 11 is 0. The second-order valence-corrected chi connectivity index (χ2v) is 8.08. The second kappa shape index (κ2) is 9.09. The van der Waals surface area contributed by atoms with Crippen molar-refractivity contribution in [2.24, 2.45) is 0 Å². The fourth-order valence-electron chi connectivity index (χ4n) is 3.79. The zero-order valence-electron chi connectivity index (χ0n) is 18.3. The monoisotopic (exact) mass is 429 g/mol. The minimum absolute atomic E-state index is 0.405. The predicted octanol–water partition coefficient (Wildman–Crippen LogP) is 3.40. The van der Waals surface area contributed by atoms with Gasteiger partial charge in [-0.3, -0.25) is 9.59 Å². The number of carbonyl (C=O) groups is 2. The lowest BCUT2D eigenvalue weighted by atomic mass is 10.1. The molecule has 0 bridgehead atoms. The largest absolute Gasteiger partial charge is 0.397 e. The van der Waals surface area contributed by atoms with Gasteiger partial charge in [0.15, 0.2) is 0 Å². The Morgan fingerprint density at radius 1 is 0.875 bits per heavy atom. The number of benzene rings is 2. The third-order valence-electron chi connectivity index (χ3n) is 5.67. The van der Waals surface area contributed by atoms with Gasteiger partial charge in [0, 0.05) is 31.9 Å². The molecule has 1 aliphatic heterocycles. The molecule has 2 aromatic carbocycles. The summed E-state index contributed by atoms with van der Waals surface area (Å²) in [5.41, 5.74) is 11.3. The summed E-state index contributed by atoms with van der Waals surface area (Å²) in [5, 5.41) is 3.28. The summed E-state index contributed by atoms with van der Waals surface area (Å²) in [5.74, 6) is -0.165. The van der Waals surface area contributed by atoms with Crippen LogP contribution in [0.4, 0.5) is 17.2 Å². The first-order valence-electron chi connectivity index (χ1n) is 10.6. The first-order valence-corrected chi connectivity index (χ1v) is 10.6. The zero-order valence-corrected chi connectivity index (χ0v) is 18.3. The Balaban J connectivity index is 1.36. The summed E-state index contributed by atoms with van der Waals surface area (Å²) in [6, 6.07) is 19.4. The molecule has 2 heterocycles. The number of carbonyl (C=O) groups excluding carboxylic acids is 2. The van der Waals surface area contributed by atoms with Crippen LogP contribution in [-0.2, 0) is 22.7 Å². The van der Waals surface area contributed by atoms with Crippen molar-refractivity contribution in [2.75, 3.05) is 24.1 Å². The van der Waals surface area contributed by atoms with Crippen molar-refractivity contribution in [1.82, 2.24) is 14.8 Å². The van der Waals surface area contributed by atoms with E-state index in [2.05, 4.69) is 10.3 Å². The summed E-state index contributed by atoms with van der Waals surface area (Å²) in [4.78, 5) is 32.9. The van der Waals surface area contributed by atoms with Gasteiger partial charge in [0.1, 0.15) is 5.82 Å². The Labute approximate surface area is 187 Å². The number of pyridine rings is 1. The molecule has 1 fully saturated rings. The number of nitrogens with zero attached hydrogens (tertiary/aromatic N) is 3. The average molecular weight is 430 g/mol. The minimum Gasteiger partial charge on any atom is -0.397 e. The van der Waals surface area contributed by atoms with Crippen LogP contribution in [0.1, 0.15) is 22.4 Å². The zero-order chi connectivity index (χ0) is 22.7. The van der Waals surface area contributed by atoms with Crippen LogP contribution in [0.15, 0.2) is 60.7 Å². The van der Waals surface area contributed by atoms with Gasteiger partial charge in [-0.25, -0.2) is 4.98 Å². The van der Waals surface area contributed by atoms with E-state index >= 15 is 0 Å². The highest BCUT2D eigenvalue weighted by molar-refractivity contribution is 6.35. The topological polar surface area (TPSA) is 91.6 Å². The third-order valence-corrected chi connectivity index (χ3v) is 5.67. The number of aryl methyl sites for hydroxylation is 2. The number of nitrogen functional groups attached to an aromatic ring is 1. The molecule has 0 unspecified atom stereocenters. The maximum Gasteiger partial charge on any atom is 0.312 e.